The van der Waals surface area contributed by atoms with E-state index >= 15 is 0 Å². The summed E-state index contributed by atoms with van der Waals surface area (Å²) in [4.78, 5) is 0. The van der Waals surface area contributed by atoms with Crippen molar-refractivity contribution in [3.05, 3.63) is 22.4 Å². The van der Waals surface area contributed by atoms with Crippen molar-refractivity contribution in [3.63, 3.8) is 0 Å². The standard InChI is InChI=1S/C10H14F3NOS/c11-10(12,13)3-1-4-14-6-9(15)8-2-5-16-7-8/h2,5,7,9,14-15H,1,3-4,6H2. The molecule has 0 bridgehead atoms. The highest BCUT2D eigenvalue weighted by atomic mass is 32.1. The van der Waals surface area contributed by atoms with Crippen LogP contribution in [0.5, 0.6) is 0 Å². The molecule has 1 heterocycles. The van der Waals surface area contributed by atoms with Crippen molar-refractivity contribution in [2.75, 3.05) is 13.1 Å². The van der Waals surface area contributed by atoms with Crippen LogP contribution in [0.1, 0.15) is 24.5 Å². The van der Waals surface area contributed by atoms with Crippen molar-refractivity contribution in [1.29, 1.82) is 0 Å². The maximum absolute atomic E-state index is 11.8. The Morgan fingerprint density at radius 3 is 2.75 bits per heavy atom. The molecular formula is C10H14F3NOS. The van der Waals surface area contributed by atoms with Gasteiger partial charge in [-0.05, 0) is 35.4 Å². The maximum Gasteiger partial charge on any atom is 0.389 e. The average Bonchev–Trinajstić information content (AvgIpc) is 2.67. The van der Waals surface area contributed by atoms with Gasteiger partial charge < -0.3 is 10.4 Å². The predicted octanol–water partition coefficient (Wildman–Crippen LogP) is 2.71. The molecule has 92 valence electrons. The molecule has 1 aromatic heterocycles. The van der Waals surface area contributed by atoms with Crippen molar-refractivity contribution < 1.29 is 18.3 Å². The third-order valence-electron chi connectivity index (χ3n) is 2.08. The first-order valence-corrected chi connectivity index (χ1v) is 5.91. The van der Waals surface area contributed by atoms with E-state index in [2.05, 4.69) is 5.32 Å². The van der Waals surface area contributed by atoms with Gasteiger partial charge in [0.05, 0.1) is 6.10 Å². The summed E-state index contributed by atoms with van der Waals surface area (Å²) < 4.78 is 35.4. The largest absolute Gasteiger partial charge is 0.389 e. The van der Waals surface area contributed by atoms with Crippen molar-refractivity contribution >= 4 is 11.3 Å². The zero-order valence-electron chi connectivity index (χ0n) is 8.63. The molecule has 0 amide bonds. The van der Waals surface area contributed by atoms with E-state index in [0.717, 1.165) is 5.56 Å². The Hall–Kier alpha value is -0.590. The minimum atomic E-state index is -4.09. The SMILES string of the molecule is OC(CNCCCC(F)(F)F)c1ccsc1. The highest BCUT2D eigenvalue weighted by molar-refractivity contribution is 7.07. The van der Waals surface area contributed by atoms with E-state index in [4.69, 9.17) is 0 Å². The first-order valence-electron chi connectivity index (χ1n) is 4.96. The number of halogens is 3. The van der Waals surface area contributed by atoms with Crippen LogP contribution in [0, 0.1) is 0 Å². The van der Waals surface area contributed by atoms with Gasteiger partial charge in [-0.15, -0.1) is 0 Å². The predicted molar refractivity (Wildman–Crippen MR) is 57.4 cm³/mol. The van der Waals surface area contributed by atoms with Gasteiger partial charge in [0.15, 0.2) is 0 Å². The van der Waals surface area contributed by atoms with Crippen LogP contribution in [0.25, 0.3) is 0 Å². The number of thiophene rings is 1. The molecule has 0 saturated carbocycles. The summed E-state index contributed by atoms with van der Waals surface area (Å²) in [7, 11) is 0. The molecule has 0 aromatic carbocycles. The number of hydrogen-bond acceptors (Lipinski definition) is 3. The normalized spacial score (nSPS) is 14.0. The molecule has 1 atom stereocenters. The minimum absolute atomic E-state index is 0.0415. The van der Waals surface area contributed by atoms with Gasteiger partial charge >= 0.3 is 6.18 Å². The summed E-state index contributed by atoms with van der Waals surface area (Å²) in [5.74, 6) is 0. The Bertz CT molecular complexity index is 287. The van der Waals surface area contributed by atoms with Gasteiger partial charge in [0.25, 0.3) is 0 Å². The molecule has 0 radical (unpaired) electrons. The van der Waals surface area contributed by atoms with Crippen LogP contribution in [0.4, 0.5) is 13.2 Å². The first-order chi connectivity index (χ1) is 7.49. The summed E-state index contributed by atoms with van der Waals surface area (Å²) in [6, 6.07) is 1.80. The quantitative estimate of drug-likeness (QED) is 0.764. The molecule has 1 aromatic rings. The van der Waals surface area contributed by atoms with Crippen LogP contribution >= 0.6 is 11.3 Å². The Balaban J connectivity index is 2.08. The number of rotatable bonds is 6. The van der Waals surface area contributed by atoms with Gasteiger partial charge in [0.1, 0.15) is 0 Å². The van der Waals surface area contributed by atoms with Crippen LogP contribution in [0.15, 0.2) is 16.8 Å². The van der Waals surface area contributed by atoms with E-state index in [1.807, 2.05) is 10.8 Å². The van der Waals surface area contributed by atoms with Crippen molar-refractivity contribution in [1.82, 2.24) is 5.32 Å². The Labute approximate surface area is 96.1 Å². The van der Waals surface area contributed by atoms with Crippen LogP contribution < -0.4 is 5.32 Å². The maximum atomic E-state index is 11.8. The molecule has 2 N–H and O–H groups in total. The Morgan fingerprint density at radius 1 is 1.44 bits per heavy atom. The zero-order valence-corrected chi connectivity index (χ0v) is 9.44. The van der Waals surface area contributed by atoms with E-state index in [-0.39, 0.29) is 19.5 Å². The third kappa shape index (κ3) is 5.48. The average molecular weight is 253 g/mol. The Kier molecular flexibility index (Phi) is 5.24. The van der Waals surface area contributed by atoms with E-state index in [1.165, 1.54) is 11.3 Å². The molecule has 0 fully saturated rings. The fraction of sp³-hybridized carbons (Fsp3) is 0.600. The van der Waals surface area contributed by atoms with Crippen LogP contribution in [0.2, 0.25) is 0 Å². The van der Waals surface area contributed by atoms with E-state index in [0.29, 0.717) is 0 Å². The topological polar surface area (TPSA) is 32.3 Å². The summed E-state index contributed by atoms with van der Waals surface area (Å²) in [6.07, 6.45) is -5.47. The molecular weight excluding hydrogens is 239 g/mol. The van der Waals surface area contributed by atoms with Gasteiger partial charge in [-0.1, -0.05) is 0 Å². The molecule has 2 nitrogen and oxygen atoms in total. The molecule has 0 aliphatic carbocycles. The van der Waals surface area contributed by atoms with Gasteiger partial charge in [-0.2, -0.15) is 24.5 Å². The van der Waals surface area contributed by atoms with E-state index < -0.39 is 18.7 Å². The zero-order chi connectivity index (χ0) is 12.0. The molecule has 0 aliphatic heterocycles. The molecule has 16 heavy (non-hydrogen) atoms. The van der Waals surface area contributed by atoms with Crippen molar-refractivity contribution in [2.45, 2.75) is 25.1 Å². The van der Waals surface area contributed by atoms with Crippen LogP contribution in [0.3, 0.4) is 0 Å². The molecule has 1 unspecified atom stereocenters. The number of nitrogens with one attached hydrogen (secondary N) is 1. The van der Waals surface area contributed by atoms with E-state index in [9.17, 15) is 18.3 Å². The van der Waals surface area contributed by atoms with Crippen LogP contribution in [-0.4, -0.2) is 24.4 Å². The monoisotopic (exact) mass is 253 g/mol. The highest BCUT2D eigenvalue weighted by Crippen LogP contribution is 2.20. The van der Waals surface area contributed by atoms with Crippen molar-refractivity contribution in [2.24, 2.45) is 0 Å². The highest BCUT2D eigenvalue weighted by Gasteiger charge is 2.25. The number of hydrogen-bond donors (Lipinski definition) is 2. The second-order valence-electron chi connectivity index (χ2n) is 3.50. The van der Waals surface area contributed by atoms with Gasteiger partial charge in [-0.25, -0.2) is 0 Å². The minimum Gasteiger partial charge on any atom is -0.387 e. The fourth-order valence-electron chi connectivity index (χ4n) is 1.24. The van der Waals surface area contributed by atoms with Crippen LogP contribution in [-0.2, 0) is 0 Å². The summed E-state index contributed by atoms with van der Waals surface area (Å²) in [5, 5.41) is 16.1. The lowest BCUT2D eigenvalue weighted by atomic mass is 10.2. The molecule has 6 heteroatoms. The summed E-state index contributed by atoms with van der Waals surface area (Å²) in [5.41, 5.74) is 0.799. The summed E-state index contributed by atoms with van der Waals surface area (Å²) in [6.45, 7) is 0.551. The smallest absolute Gasteiger partial charge is 0.387 e. The second kappa shape index (κ2) is 6.22. The number of aliphatic hydroxyl groups is 1. The second-order valence-corrected chi connectivity index (χ2v) is 4.28. The third-order valence-corrected chi connectivity index (χ3v) is 2.78. The molecule has 0 spiro atoms. The van der Waals surface area contributed by atoms with Gasteiger partial charge in [0.2, 0.25) is 0 Å². The lowest BCUT2D eigenvalue weighted by molar-refractivity contribution is -0.135. The molecule has 0 aliphatic rings. The number of alkyl halides is 3. The lowest BCUT2D eigenvalue weighted by Crippen LogP contribution is -2.23. The molecule has 1 rings (SSSR count). The van der Waals surface area contributed by atoms with E-state index in [1.54, 1.807) is 6.07 Å². The van der Waals surface area contributed by atoms with Gasteiger partial charge in [-0.3, -0.25) is 0 Å². The van der Waals surface area contributed by atoms with Gasteiger partial charge in [0, 0.05) is 13.0 Å². The fourth-order valence-corrected chi connectivity index (χ4v) is 1.94. The van der Waals surface area contributed by atoms with Crippen molar-refractivity contribution in [3.8, 4) is 0 Å². The first kappa shape index (κ1) is 13.5. The Morgan fingerprint density at radius 2 is 2.19 bits per heavy atom. The lowest BCUT2D eigenvalue weighted by Gasteiger charge is -2.11. The molecule has 0 saturated heterocycles. The summed E-state index contributed by atoms with van der Waals surface area (Å²) >= 11 is 1.48. The number of aliphatic hydroxyl groups excluding tert-OH is 1.